The van der Waals surface area contributed by atoms with Gasteiger partial charge in [-0.1, -0.05) is 141 Å². The number of benzene rings is 6. The molecule has 262 valence electrons. The molecule has 0 spiro atoms. The molecule has 1 heterocycles. The number of thiophene rings is 1. The van der Waals surface area contributed by atoms with Gasteiger partial charge in [-0.25, -0.2) is 0 Å². The number of hydrogen-bond donors (Lipinski definition) is 0. The summed E-state index contributed by atoms with van der Waals surface area (Å²) in [6, 6.07) is 48.8. The number of nitrogens with zero attached hydrogens (tertiary/aromatic N) is 1. The van der Waals surface area contributed by atoms with Gasteiger partial charge in [0.2, 0.25) is 0 Å². The van der Waals surface area contributed by atoms with Crippen molar-refractivity contribution >= 4 is 66.9 Å². The van der Waals surface area contributed by atoms with Gasteiger partial charge in [-0.15, -0.1) is 11.3 Å². The summed E-state index contributed by atoms with van der Waals surface area (Å²) in [5.41, 5.74) is 15.1. The molecule has 2 aliphatic carbocycles. The summed E-state index contributed by atoms with van der Waals surface area (Å²) in [4.78, 5) is 3.94. The van der Waals surface area contributed by atoms with Crippen molar-refractivity contribution in [2.45, 2.75) is 33.1 Å². The smallest absolute Gasteiger partial charge is 0.0458 e. The van der Waals surface area contributed by atoms with Gasteiger partial charge in [0, 0.05) is 32.0 Å². The zero-order valence-electron chi connectivity index (χ0n) is 30.9. The van der Waals surface area contributed by atoms with Crippen molar-refractivity contribution in [1.29, 1.82) is 0 Å². The van der Waals surface area contributed by atoms with E-state index in [4.69, 9.17) is 0 Å². The van der Waals surface area contributed by atoms with Crippen LogP contribution in [0.3, 0.4) is 0 Å². The number of fused-ring (bicyclic) bond motifs is 6. The second-order valence-electron chi connectivity index (χ2n) is 14.6. The molecule has 1 unspecified atom stereocenters. The van der Waals surface area contributed by atoms with Crippen LogP contribution in [-0.2, 0) is 12.8 Å². The summed E-state index contributed by atoms with van der Waals surface area (Å²) in [5, 5.41) is 3.94. The van der Waals surface area contributed by atoms with E-state index in [0.717, 1.165) is 24.8 Å². The van der Waals surface area contributed by atoms with Gasteiger partial charge in [-0.2, -0.15) is 0 Å². The summed E-state index contributed by atoms with van der Waals surface area (Å²) in [6.45, 7) is 8.75. The molecule has 0 fully saturated rings. The Morgan fingerprint density at radius 2 is 1.37 bits per heavy atom. The summed E-state index contributed by atoms with van der Waals surface area (Å²) in [7, 11) is 0. The van der Waals surface area contributed by atoms with Crippen molar-refractivity contribution in [2.24, 2.45) is 5.92 Å². The lowest BCUT2D eigenvalue weighted by atomic mass is 9.84. The van der Waals surface area contributed by atoms with E-state index in [9.17, 15) is 0 Å². The van der Waals surface area contributed by atoms with E-state index >= 15 is 0 Å². The molecule has 6 aromatic carbocycles. The van der Waals surface area contributed by atoms with Crippen molar-refractivity contribution in [3.8, 4) is 11.1 Å². The highest BCUT2D eigenvalue weighted by Gasteiger charge is 2.22. The topological polar surface area (TPSA) is 3.24 Å². The molecule has 1 atom stereocenters. The minimum Gasteiger partial charge on any atom is -0.314 e. The third-order valence-electron chi connectivity index (χ3n) is 11.1. The molecule has 2 heteroatoms. The minimum atomic E-state index is 0.541. The molecule has 1 nitrogen and oxygen atoms in total. The van der Waals surface area contributed by atoms with Crippen LogP contribution in [-0.4, -0.2) is 0 Å². The Balaban J connectivity index is 1.07. The molecular formula is C52H43NS. The first-order valence-corrected chi connectivity index (χ1v) is 19.9. The fourth-order valence-electron chi connectivity index (χ4n) is 8.22. The molecule has 0 bridgehead atoms. The zero-order valence-corrected chi connectivity index (χ0v) is 31.7. The molecule has 0 saturated heterocycles. The average Bonchev–Trinajstić information content (AvgIpc) is 3.60. The van der Waals surface area contributed by atoms with Crippen molar-refractivity contribution in [3.63, 3.8) is 0 Å². The first-order chi connectivity index (χ1) is 26.5. The fourth-order valence-corrected chi connectivity index (χ4v) is 9.40. The summed E-state index contributed by atoms with van der Waals surface area (Å²) < 4.78 is 1.37. The maximum atomic E-state index is 4.25. The normalized spacial score (nSPS) is 15.5. The predicted molar refractivity (Wildman–Crippen MR) is 236 cm³/mol. The minimum absolute atomic E-state index is 0.541. The lowest BCUT2D eigenvalue weighted by Gasteiger charge is -2.30. The summed E-state index contributed by atoms with van der Waals surface area (Å²) in [6.07, 6.45) is 16.7. The van der Waals surface area contributed by atoms with Gasteiger partial charge in [0.05, 0.1) is 0 Å². The van der Waals surface area contributed by atoms with Crippen molar-refractivity contribution in [2.75, 3.05) is 4.90 Å². The van der Waals surface area contributed by atoms with Crippen molar-refractivity contribution in [1.82, 2.24) is 0 Å². The number of anilines is 2. The van der Waals surface area contributed by atoms with Crippen LogP contribution >= 0.6 is 11.3 Å². The van der Waals surface area contributed by atoms with Crippen molar-refractivity contribution < 1.29 is 0 Å². The molecule has 0 amide bonds. The Morgan fingerprint density at radius 3 is 2.13 bits per heavy atom. The molecule has 0 N–H and O–H groups in total. The first kappa shape index (κ1) is 33.8. The SMILES string of the molecule is C=C/C(=C\C=C(/C)c1ccc(N(C2=Cc3c(sc4ccccc34)CC2)c2ccc(-c3ccccc3)cc2)cc1)c1cc2c(c3ccccc13)C=CC(C)C2. The van der Waals surface area contributed by atoms with Crippen LogP contribution in [0.4, 0.5) is 11.4 Å². The van der Waals surface area contributed by atoms with E-state index < -0.39 is 0 Å². The van der Waals surface area contributed by atoms with E-state index in [2.05, 4.69) is 189 Å². The van der Waals surface area contributed by atoms with Gasteiger partial charge in [0.1, 0.15) is 0 Å². The Bertz CT molecular complexity index is 2650. The average molecular weight is 714 g/mol. The highest BCUT2D eigenvalue weighted by atomic mass is 32.1. The van der Waals surface area contributed by atoms with Crippen LogP contribution in [0, 0.1) is 5.92 Å². The van der Waals surface area contributed by atoms with Crippen LogP contribution in [0.25, 0.3) is 55.3 Å². The van der Waals surface area contributed by atoms with Crippen LogP contribution < -0.4 is 4.90 Å². The number of allylic oxidation sites excluding steroid dienone is 7. The van der Waals surface area contributed by atoms with E-state index in [1.54, 1.807) is 0 Å². The lowest BCUT2D eigenvalue weighted by molar-refractivity contribution is 0.718. The second kappa shape index (κ2) is 14.5. The van der Waals surface area contributed by atoms with Crippen LogP contribution in [0.2, 0.25) is 0 Å². The van der Waals surface area contributed by atoms with E-state index in [-0.39, 0.29) is 0 Å². The Kier molecular flexibility index (Phi) is 9.06. The first-order valence-electron chi connectivity index (χ1n) is 19.1. The molecule has 7 aromatic rings. The maximum absolute atomic E-state index is 4.25. The van der Waals surface area contributed by atoms with E-state index in [0.29, 0.717) is 5.92 Å². The standard InChI is InChI=1S/C52H43NS/c1-4-37(49-33-41-32-35(2)18-30-45(41)46-14-8-9-15-47(46)49)20-19-36(3)38-21-25-42(26-22-38)53(43-27-23-40(24-28-43)39-12-6-5-7-13-39)44-29-31-52-50(34-44)48-16-10-11-17-51(48)54-52/h4-28,30,33-35H,1,29,31-32H2,2-3H3/b36-19+,37-20+. The molecule has 54 heavy (non-hydrogen) atoms. The van der Waals surface area contributed by atoms with Gasteiger partial charge in [0.25, 0.3) is 0 Å². The predicted octanol–water partition coefficient (Wildman–Crippen LogP) is 14.7. The molecule has 2 aliphatic rings. The van der Waals surface area contributed by atoms with Crippen LogP contribution in [0.1, 0.15) is 53.0 Å². The number of hydrogen-bond acceptors (Lipinski definition) is 2. The summed E-state index contributed by atoms with van der Waals surface area (Å²) in [5.74, 6) is 0.541. The molecule has 9 rings (SSSR count). The van der Waals surface area contributed by atoms with Gasteiger partial charge in [-0.05, 0) is 135 Å². The molecule has 1 aromatic heterocycles. The van der Waals surface area contributed by atoms with Gasteiger partial charge >= 0.3 is 0 Å². The van der Waals surface area contributed by atoms with E-state index in [1.807, 2.05) is 17.4 Å². The number of aryl methyl sites for hydroxylation is 1. The monoisotopic (exact) mass is 713 g/mol. The highest BCUT2D eigenvalue weighted by Crippen LogP contribution is 2.42. The highest BCUT2D eigenvalue weighted by molar-refractivity contribution is 7.19. The van der Waals surface area contributed by atoms with Crippen LogP contribution in [0.15, 0.2) is 170 Å². The van der Waals surface area contributed by atoms with Crippen LogP contribution in [0.5, 0.6) is 0 Å². The van der Waals surface area contributed by atoms with Gasteiger partial charge < -0.3 is 4.90 Å². The quantitative estimate of drug-likeness (QED) is 0.142. The Morgan fingerprint density at radius 1 is 0.704 bits per heavy atom. The fraction of sp³-hybridized carbons (Fsp3) is 0.115. The molecule has 0 aliphatic heterocycles. The summed E-state index contributed by atoms with van der Waals surface area (Å²) >= 11 is 1.94. The molecular weight excluding hydrogens is 671 g/mol. The maximum Gasteiger partial charge on any atom is 0.0458 e. The molecule has 0 saturated carbocycles. The lowest BCUT2D eigenvalue weighted by Crippen LogP contribution is -2.18. The zero-order chi connectivity index (χ0) is 36.6. The van der Waals surface area contributed by atoms with Gasteiger partial charge in [-0.3, -0.25) is 0 Å². The number of rotatable bonds is 8. The third kappa shape index (κ3) is 6.37. The largest absolute Gasteiger partial charge is 0.314 e. The van der Waals surface area contributed by atoms with Gasteiger partial charge in [0.15, 0.2) is 0 Å². The second-order valence-corrected chi connectivity index (χ2v) is 15.8. The van der Waals surface area contributed by atoms with Crippen molar-refractivity contribution in [3.05, 3.63) is 203 Å². The Hall–Kier alpha value is -5.96. The third-order valence-corrected chi connectivity index (χ3v) is 12.3. The Labute approximate surface area is 323 Å². The molecule has 0 radical (unpaired) electrons. The van der Waals surface area contributed by atoms with E-state index in [1.165, 1.54) is 87.3 Å².